The Morgan fingerprint density at radius 2 is 0.745 bits per heavy atom. The summed E-state index contributed by atoms with van der Waals surface area (Å²) >= 11 is 0. The second kappa shape index (κ2) is 12.1. The first-order chi connectivity index (χ1) is 27.0. The third kappa shape index (κ3) is 4.85. The summed E-state index contributed by atoms with van der Waals surface area (Å²) in [5, 5.41) is 10.1. The zero-order chi connectivity index (χ0) is 36.7. The fraction of sp³-hybridized carbons (Fsp3) is 0.0545. The van der Waals surface area contributed by atoms with E-state index < -0.39 is 0 Å². The van der Waals surface area contributed by atoms with E-state index in [1.165, 1.54) is 110 Å². The topological polar surface area (TPSA) is 0 Å². The van der Waals surface area contributed by atoms with Crippen LogP contribution in [0.4, 0.5) is 0 Å². The Labute approximate surface area is 322 Å². The van der Waals surface area contributed by atoms with Gasteiger partial charge in [0.1, 0.15) is 0 Å². The van der Waals surface area contributed by atoms with Crippen molar-refractivity contribution in [3.63, 3.8) is 0 Å². The summed E-state index contributed by atoms with van der Waals surface area (Å²) in [5.74, 6) is 0. The molecule has 0 bridgehead atoms. The molecule has 0 fully saturated rings. The Morgan fingerprint density at radius 3 is 1.49 bits per heavy atom. The van der Waals surface area contributed by atoms with Crippen LogP contribution in [0.3, 0.4) is 0 Å². The van der Waals surface area contributed by atoms with E-state index in [0.29, 0.717) is 0 Å². The van der Waals surface area contributed by atoms with Crippen LogP contribution in [-0.2, 0) is 5.41 Å². The molecule has 1 aliphatic carbocycles. The van der Waals surface area contributed by atoms with E-state index in [4.69, 9.17) is 0 Å². The highest BCUT2D eigenvalue weighted by atomic mass is 14.4. The Kier molecular flexibility index (Phi) is 7.00. The quantitative estimate of drug-likeness (QED) is 0.161. The first kappa shape index (κ1) is 31.7. The molecular formula is C55H38. The molecular weight excluding hydrogens is 661 g/mol. The average molecular weight is 699 g/mol. The molecule has 0 amide bonds. The van der Waals surface area contributed by atoms with Gasteiger partial charge in [0.15, 0.2) is 0 Å². The van der Waals surface area contributed by atoms with Gasteiger partial charge in [-0.15, -0.1) is 0 Å². The van der Waals surface area contributed by atoms with Crippen molar-refractivity contribution >= 4 is 43.1 Å². The van der Waals surface area contributed by atoms with E-state index in [-0.39, 0.29) is 5.41 Å². The van der Waals surface area contributed by atoms with Gasteiger partial charge in [0, 0.05) is 5.41 Å². The highest BCUT2D eigenvalue weighted by molar-refractivity contribution is 6.24. The van der Waals surface area contributed by atoms with Crippen molar-refractivity contribution < 1.29 is 0 Å². The molecule has 0 spiro atoms. The molecule has 0 heterocycles. The number of benzene rings is 10. The zero-order valence-corrected chi connectivity index (χ0v) is 31.0. The molecule has 0 saturated heterocycles. The highest BCUT2D eigenvalue weighted by Crippen LogP contribution is 2.51. The summed E-state index contributed by atoms with van der Waals surface area (Å²) in [7, 11) is 0. The molecule has 10 aromatic rings. The van der Waals surface area contributed by atoms with Crippen molar-refractivity contribution in [2.24, 2.45) is 0 Å². The van der Waals surface area contributed by atoms with Gasteiger partial charge in [0.05, 0.1) is 0 Å². The minimum atomic E-state index is -0.0620. The van der Waals surface area contributed by atoms with E-state index in [1.54, 1.807) is 0 Å². The normalized spacial score (nSPS) is 13.1. The van der Waals surface area contributed by atoms with Gasteiger partial charge in [-0.05, 0) is 122 Å². The van der Waals surface area contributed by atoms with Gasteiger partial charge in [-0.2, -0.15) is 0 Å². The lowest BCUT2D eigenvalue weighted by Gasteiger charge is -2.22. The Bertz CT molecular complexity index is 3150. The summed E-state index contributed by atoms with van der Waals surface area (Å²) in [5.41, 5.74) is 15.4. The molecule has 0 aromatic heterocycles. The van der Waals surface area contributed by atoms with Crippen molar-refractivity contribution in [1.82, 2.24) is 0 Å². The second-order valence-electron chi connectivity index (χ2n) is 15.6. The van der Waals surface area contributed by atoms with Crippen molar-refractivity contribution in [1.29, 1.82) is 0 Å². The highest BCUT2D eigenvalue weighted by Gasteiger charge is 2.35. The van der Waals surface area contributed by atoms with Crippen LogP contribution in [-0.4, -0.2) is 0 Å². The van der Waals surface area contributed by atoms with Gasteiger partial charge in [-0.1, -0.05) is 196 Å². The molecule has 0 heteroatoms. The predicted molar refractivity (Wildman–Crippen MR) is 236 cm³/mol. The van der Waals surface area contributed by atoms with Crippen molar-refractivity contribution in [2.75, 3.05) is 0 Å². The molecule has 0 unspecified atom stereocenters. The molecule has 0 atom stereocenters. The number of hydrogen-bond donors (Lipinski definition) is 0. The monoisotopic (exact) mass is 698 g/mol. The van der Waals surface area contributed by atoms with Gasteiger partial charge < -0.3 is 0 Å². The van der Waals surface area contributed by atoms with Gasteiger partial charge in [0.25, 0.3) is 0 Å². The van der Waals surface area contributed by atoms with Crippen molar-refractivity contribution in [2.45, 2.75) is 19.3 Å². The van der Waals surface area contributed by atoms with Crippen LogP contribution in [0.2, 0.25) is 0 Å². The molecule has 0 N–H and O–H groups in total. The van der Waals surface area contributed by atoms with E-state index in [1.807, 2.05) is 0 Å². The summed E-state index contributed by atoms with van der Waals surface area (Å²) in [4.78, 5) is 0. The molecule has 258 valence electrons. The van der Waals surface area contributed by atoms with Crippen LogP contribution in [0.15, 0.2) is 194 Å². The maximum absolute atomic E-state index is 2.46. The smallest absolute Gasteiger partial charge is 0.0159 e. The molecule has 0 saturated carbocycles. The Balaban J connectivity index is 1.17. The van der Waals surface area contributed by atoms with E-state index in [0.717, 1.165) is 0 Å². The molecule has 1 aliphatic rings. The number of rotatable bonds is 4. The SMILES string of the molecule is CC1(C)c2ccccc2-c2ccc(-c3ccc4c(-c5cccc6ccccc56)c5ccccc5c(-c5ccc(-c6cccc7ccccc67)cc5)c4c3)cc21. The van der Waals surface area contributed by atoms with Gasteiger partial charge in [0.2, 0.25) is 0 Å². The molecule has 0 radical (unpaired) electrons. The maximum atomic E-state index is 2.46. The molecule has 0 nitrogen and oxygen atoms in total. The number of fused-ring (bicyclic) bond motifs is 7. The number of hydrogen-bond acceptors (Lipinski definition) is 0. The van der Waals surface area contributed by atoms with Crippen LogP contribution in [0, 0.1) is 0 Å². The van der Waals surface area contributed by atoms with Crippen LogP contribution in [0.1, 0.15) is 25.0 Å². The van der Waals surface area contributed by atoms with Crippen LogP contribution in [0.25, 0.3) is 98.7 Å². The minimum Gasteiger partial charge on any atom is -0.0619 e. The fourth-order valence-corrected chi connectivity index (χ4v) is 9.58. The third-order valence-corrected chi connectivity index (χ3v) is 12.3. The average Bonchev–Trinajstić information content (AvgIpc) is 3.47. The molecule has 11 rings (SSSR count). The Morgan fingerprint density at radius 1 is 0.273 bits per heavy atom. The maximum Gasteiger partial charge on any atom is 0.0159 e. The summed E-state index contributed by atoms with van der Waals surface area (Å²) in [6, 6.07) is 72.3. The standard InChI is InChI=1S/C55H38/c1-55(2)51-24-10-9-19-44(51)45-31-29-40(34-52(45)55)39-30-32-49-50(33-39)53(38-27-25-37(26-28-38)42-22-11-15-35-13-3-5-17-41(35)42)47-20-7-8-21-48(47)54(49)46-23-12-16-36-14-4-6-18-43(36)46/h3-34H,1-2H3. The van der Waals surface area contributed by atoms with Gasteiger partial charge in [-0.25, -0.2) is 0 Å². The first-order valence-electron chi connectivity index (χ1n) is 19.3. The van der Waals surface area contributed by atoms with E-state index >= 15 is 0 Å². The van der Waals surface area contributed by atoms with Crippen molar-refractivity contribution in [3.05, 3.63) is 205 Å². The predicted octanol–water partition coefficient (Wildman–Crippen LogP) is 15.3. The third-order valence-electron chi connectivity index (χ3n) is 12.3. The first-order valence-corrected chi connectivity index (χ1v) is 19.3. The lowest BCUT2D eigenvalue weighted by atomic mass is 9.81. The lowest BCUT2D eigenvalue weighted by Crippen LogP contribution is -2.14. The summed E-state index contributed by atoms with van der Waals surface area (Å²) in [6.07, 6.45) is 0. The second-order valence-corrected chi connectivity index (χ2v) is 15.6. The van der Waals surface area contributed by atoms with Crippen LogP contribution < -0.4 is 0 Å². The lowest BCUT2D eigenvalue weighted by molar-refractivity contribution is 0.660. The van der Waals surface area contributed by atoms with Crippen LogP contribution in [0.5, 0.6) is 0 Å². The van der Waals surface area contributed by atoms with Gasteiger partial charge in [-0.3, -0.25) is 0 Å². The largest absolute Gasteiger partial charge is 0.0619 e. The van der Waals surface area contributed by atoms with Crippen LogP contribution >= 0.6 is 0 Å². The van der Waals surface area contributed by atoms with E-state index in [2.05, 4.69) is 208 Å². The zero-order valence-electron chi connectivity index (χ0n) is 31.0. The van der Waals surface area contributed by atoms with Crippen molar-refractivity contribution in [3.8, 4) is 55.6 Å². The molecule has 55 heavy (non-hydrogen) atoms. The minimum absolute atomic E-state index is 0.0620. The molecule has 0 aliphatic heterocycles. The summed E-state index contributed by atoms with van der Waals surface area (Å²) < 4.78 is 0. The Hall–Kier alpha value is -6.76. The molecule has 10 aromatic carbocycles. The van der Waals surface area contributed by atoms with E-state index in [9.17, 15) is 0 Å². The fourth-order valence-electron chi connectivity index (χ4n) is 9.58. The summed E-state index contributed by atoms with van der Waals surface area (Å²) in [6.45, 7) is 4.73. The van der Waals surface area contributed by atoms with Gasteiger partial charge >= 0.3 is 0 Å².